The monoisotopic (exact) mass is 422 g/mol. The van der Waals surface area contributed by atoms with Crippen LogP contribution in [0.5, 0.6) is 0 Å². The van der Waals surface area contributed by atoms with Gasteiger partial charge in [-0.1, -0.05) is 6.07 Å². The first-order chi connectivity index (χ1) is 9.15. The highest BCUT2D eigenvalue weighted by Crippen LogP contribution is 2.16. The van der Waals surface area contributed by atoms with Gasteiger partial charge in [-0.25, -0.2) is 9.98 Å². The van der Waals surface area contributed by atoms with Crippen molar-refractivity contribution < 1.29 is 0 Å². The van der Waals surface area contributed by atoms with Crippen molar-refractivity contribution in [2.75, 3.05) is 6.54 Å². The summed E-state index contributed by atoms with van der Waals surface area (Å²) in [6, 6.07) is 4.19. The van der Waals surface area contributed by atoms with Crippen LogP contribution in [0.25, 0.3) is 0 Å². The van der Waals surface area contributed by atoms with Gasteiger partial charge in [0, 0.05) is 16.3 Å². The molecule has 7 heteroatoms. The zero-order valence-corrected chi connectivity index (χ0v) is 15.5. The van der Waals surface area contributed by atoms with E-state index in [2.05, 4.69) is 39.7 Å². The fourth-order valence-corrected chi connectivity index (χ4v) is 3.24. The highest BCUT2D eigenvalue weighted by molar-refractivity contribution is 14.0. The van der Waals surface area contributed by atoms with Crippen molar-refractivity contribution in [1.29, 1.82) is 0 Å². The number of rotatable bonds is 5. The predicted octanol–water partition coefficient (Wildman–Crippen LogP) is 3.09. The number of nitrogens with zero attached hydrogens (tertiary/aromatic N) is 2. The van der Waals surface area contributed by atoms with Crippen LogP contribution in [-0.4, -0.2) is 17.5 Å². The van der Waals surface area contributed by atoms with Gasteiger partial charge in [0.2, 0.25) is 0 Å². The van der Waals surface area contributed by atoms with Gasteiger partial charge in [0.1, 0.15) is 0 Å². The zero-order chi connectivity index (χ0) is 13.7. The van der Waals surface area contributed by atoms with Gasteiger partial charge >= 0.3 is 0 Å². The highest BCUT2D eigenvalue weighted by atomic mass is 127. The van der Waals surface area contributed by atoms with Crippen LogP contribution in [-0.2, 0) is 13.0 Å². The Morgan fingerprint density at radius 2 is 2.25 bits per heavy atom. The van der Waals surface area contributed by atoms with Crippen molar-refractivity contribution in [3.8, 4) is 0 Å². The summed E-state index contributed by atoms with van der Waals surface area (Å²) < 4.78 is 0. The number of nitrogens with two attached hydrogens (primary N) is 1. The van der Waals surface area contributed by atoms with Gasteiger partial charge in [0.15, 0.2) is 5.96 Å². The molecule has 0 unspecified atom stereocenters. The molecule has 4 nitrogen and oxygen atoms in total. The molecule has 0 aliphatic rings. The third-order valence-corrected chi connectivity index (χ3v) is 4.52. The van der Waals surface area contributed by atoms with E-state index in [1.165, 1.54) is 9.75 Å². The van der Waals surface area contributed by atoms with Crippen LogP contribution in [0.4, 0.5) is 0 Å². The van der Waals surface area contributed by atoms with Gasteiger partial charge in [-0.2, -0.15) is 0 Å². The van der Waals surface area contributed by atoms with Crippen LogP contribution >= 0.6 is 46.7 Å². The van der Waals surface area contributed by atoms with E-state index >= 15 is 0 Å². The molecular weight excluding hydrogens is 403 g/mol. The fraction of sp³-hybridized carbons (Fsp3) is 0.385. The molecule has 0 fully saturated rings. The van der Waals surface area contributed by atoms with Gasteiger partial charge in [0.25, 0.3) is 0 Å². The molecule has 3 N–H and O–H groups in total. The topological polar surface area (TPSA) is 63.3 Å². The molecule has 110 valence electrons. The Morgan fingerprint density at radius 3 is 2.85 bits per heavy atom. The molecule has 0 aliphatic heterocycles. The Balaban J connectivity index is 0.00000200. The van der Waals surface area contributed by atoms with E-state index in [4.69, 9.17) is 5.73 Å². The Kier molecular flexibility index (Phi) is 7.46. The minimum absolute atomic E-state index is 0. The number of aromatic nitrogens is 1. The lowest BCUT2D eigenvalue weighted by molar-refractivity contribution is 0.852. The first-order valence-corrected chi connectivity index (χ1v) is 7.84. The van der Waals surface area contributed by atoms with Gasteiger partial charge in [-0.15, -0.1) is 46.7 Å². The van der Waals surface area contributed by atoms with Gasteiger partial charge in [0.05, 0.1) is 17.2 Å². The van der Waals surface area contributed by atoms with Crippen molar-refractivity contribution in [3.63, 3.8) is 0 Å². The first kappa shape index (κ1) is 17.4. The second-order valence-electron chi connectivity index (χ2n) is 4.19. The van der Waals surface area contributed by atoms with E-state index in [0.29, 0.717) is 12.5 Å². The molecule has 0 aliphatic carbocycles. The predicted molar refractivity (Wildman–Crippen MR) is 98.4 cm³/mol. The third-order valence-electron chi connectivity index (χ3n) is 2.66. The number of aryl methyl sites for hydroxylation is 2. The molecule has 0 bridgehead atoms. The largest absolute Gasteiger partial charge is 0.370 e. The Labute approximate surface area is 144 Å². The molecule has 0 aromatic carbocycles. The average Bonchev–Trinajstić information content (AvgIpc) is 2.97. The van der Waals surface area contributed by atoms with E-state index in [-0.39, 0.29) is 24.0 Å². The van der Waals surface area contributed by atoms with Crippen molar-refractivity contribution in [2.45, 2.75) is 26.8 Å². The maximum atomic E-state index is 5.84. The molecule has 0 atom stereocenters. The number of thiophene rings is 1. The lowest BCUT2D eigenvalue weighted by Gasteiger charge is -2.04. The number of aliphatic imine (C=N–C) groups is 1. The summed E-state index contributed by atoms with van der Waals surface area (Å²) in [4.78, 5) is 11.3. The number of hydrogen-bond acceptors (Lipinski definition) is 4. The molecule has 0 radical (unpaired) electrons. The quantitative estimate of drug-likeness (QED) is 0.442. The van der Waals surface area contributed by atoms with E-state index in [9.17, 15) is 0 Å². The fourth-order valence-electron chi connectivity index (χ4n) is 1.70. The van der Waals surface area contributed by atoms with Crippen molar-refractivity contribution in [3.05, 3.63) is 38.0 Å². The van der Waals surface area contributed by atoms with E-state index in [1.807, 2.05) is 6.92 Å². The normalized spacial score (nSPS) is 11.2. The SMILES string of the molecule is Cc1nc(CN=C(N)NCCc2cccs2)c(C)s1.I. The maximum absolute atomic E-state index is 5.84. The lowest BCUT2D eigenvalue weighted by Crippen LogP contribution is -2.33. The van der Waals surface area contributed by atoms with Crippen LogP contribution in [0.3, 0.4) is 0 Å². The number of halogens is 1. The molecule has 0 saturated carbocycles. The average molecular weight is 422 g/mol. The number of hydrogen-bond donors (Lipinski definition) is 2. The molecule has 2 heterocycles. The molecule has 0 saturated heterocycles. The summed E-state index contributed by atoms with van der Waals surface area (Å²) >= 11 is 3.46. The van der Waals surface area contributed by atoms with Gasteiger partial charge in [-0.05, 0) is 31.7 Å². The number of guanidine groups is 1. The number of nitrogens with one attached hydrogen (secondary N) is 1. The summed E-state index contributed by atoms with van der Waals surface area (Å²) in [6.45, 7) is 5.43. The number of thiazole rings is 1. The minimum atomic E-state index is 0. The summed E-state index contributed by atoms with van der Waals surface area (Å²) in [5.74, 6) is 0.488. The third kappa shape index (κ3) is 5.37. The summed E-state index contributed by atoms with van der Waals surface area (Å²) in [5.41, 5.74) is 6.85. The Bertz CT molecular complexity index is 549. The molecule has 2 rings (SSSR count). The standard InChI is InChI=1S/C13H18N4S2.HI/c1-9-12(17-10(2)19-9)8-16-13(14)15-6-5-11-4-3-7-18-11;/h3-4,7H,5-6,8H2,1-2H3,(H3,14,15,16);1H. The summed E-state index contributed by atoms with van der Waals surface area (Å²) in [5, 5.41) is 6.29. The smallest absolute Gasteiger partial charge is 0.188 e. The molecular formula is C13H19IN4S2. The van der Waals surface area contributed by atoms with E-state index in [1.54, 1.807) is 22.7 Å². The van der Waals surface area contributed by atoms with Gasteiger partial charge < -0.3 is 11.1 Å². The molecule has 2 aromatic rings. The van der Waals surface area contributed by atoms with Crippen LogP contribution in [0.1, 0.15) is 20.5 Å². The Morgan fingerprint density at radius 1 is 1.45 bits per heavy atom. The van der Waals surface area contributed by atoms with E-state index < -0.39 is 0 Å². The summed E-state index contributed by atoms with van der Waals surface area (Å²) in [7, 11) is 0. The van der Waals surface area contributed by atoms with Crippen molar-refractivity contribution in [2.24, 2.45) is 10.7 Å². The first-order valence-electron chi connectivity index (χ1n) is 6.14. The van der Waals surface area contributed by atoms with Crippen LogP contribution in [0.15, 0.2) is 22.5 Å². The van der Waals surface area contributed by atoms with Gasteiger partial charge in [-0.3, -0.25) is 0 Å². The lowest BCUT2D eigenvalue weighted by atomic mass is 10.3. The molecule has 0 spiro atoms. The highest BCUT2D eigenvalue weighted by Gasteiger charge is 2.03. The van der Waals surface area contributed by atoms with Crippen molar-refractivity contribution in [1.82, 2.24) is 10.3 Å². The molecule has 2 aromatic heterocycles. The Hall–Kier alpha value is -0.670. The molecule has 0 amide bonds. The zero-order valence-electron chi connectivity index (χ0n) is 11.5. The van der Waals surface area contributed by atoms with Crippen LogP contribution in [0.2, 0.25) is 0 Å². The van der Waals surface area contributed by atoms with E-state index in [0.717, 1.165) is 23.7 Å². The minimum Gasteiger partial charge on any atom is -0.370 e. The van der Waals surface area contributed by atoms with Crippen LogP contribution < -0.4 is 11.1 Å². The molecule has 20 heavy (non-hydrogen) atoms. The maximum Gasteiger partial charge on any atom is 0.188 e. The second kappa shape index (κ2) is 8.58. The second-order valence-corrected chi connectivity index (χ2v) is 6.63. The van der Waals surface area contributed by atoms with Crippen LogP contribution in [0, 0.1) is 13.8 Å². The summed E-state index contributed by atoms with van der Waals surface area (Å²) in [6.07, 6.45) is 0.975. The van der Waals surface area contributed by atoms with Crippen molar-refractivity contribution >= 4 is 52.6 Å².